The summed E-state index contributed by atoms with van der Waals surface area (Å²) in [5.74, 6) is 0. The van der Waals surface area contributed by atoms with E-state index in [4.69, 9.17) is 9.83 Å². The summed E-state index contributed by atoms with van der Waals surface area (Å²) in [5.41, 5.74) is 1.49. The predicted molar refractivity (Wildman–Crippen MR) is 36.2 cm³/mol. The van der Waals surface area contributed by atoms with Gasteiger partial charge in [0, 0.05) is 6.20 Å². The first kappa shape index (κ1) is 5.22. The highest BCUT2D eigenvalue weighted by Gasteiger charge is 1.98. The number of hydrogen-bond acceptors (Lipinski definition) is 3. The molecule has 0 unspecified atom stereocenters. The molecule has 0 atom stereocenters. The van der Waals surface area contributed by atoms with Crippen LogP contribution in [0.3, 0.4) is 0 Å². The van der Waals surface area contributed by atoms with Crippen LogP contribution >= 0.6 is 0 Å². The molecule has 2 aromatic heterocycles. The molecule has 0 fully saturated rings. The second kappa shape index (κ2) is 1.70. The summed E-state index contributed by atoms with van der Waals surface area (Å²) in [7, 11) is 0. The van der Waals surface area contributed by atoms with Gasteiger partial charge in [-0.05, 0) is 0 Å². The first-order valence-electron chi connectivity index (χ1n) is 2.81. The molecule has 0 saturated carbocycles. The van der Waals surface area contributed by atoms with E-state index in [2.05, 4.69) is 4.98 Å². The zero-order valence-electron chi connectivity index (χ0n) is 5.11. The van der Waals surface area contributed by atoms with E-state index in [1.807, 2.05) is 0 Å². The zero-order chi connectivity index (χ0) is 6.97. The second-order valence-corrected chi connectivity index (χ2v) is 1.94. The van der Waals surface area contributed by atoms with E-state index in [0.717, 1.165) is 5.52 Å². The molecule has 10 heavy (non-hydrogen) atoms. The lowest BCUT2D eigenvalue weighted by Gasteiger charge is -1.82. The van der Waals surface area contributed by atoms with Gasteiger partial charge in [-0.15, -0.1) is 0 Å². The molecule has 2 rings (SSSR count). The van der Waals surface area contributed by atoms with E-state index >= 15 is 0 Å². The minimum absolute atomic E-state index is 0.712. The van der Waals surface area contributed by atoms with Crippen molar-refractivity contribution in [2.75, 3.05) is 0 Å². The Hall–Kier alpha value is -1.58. The van der Waals surface area contributed by atoms with E-state index in [-0.39, 0.29) is 0 Å². The number of nitrogens with zero attached hydrogens (tertiary/aromatic N) is 2. The molecule has 2 heterocycles. The smallest absolute Gasteiger partial charge is 0.182 e. The Bertz CT molecular complexity index is 331. The maximum absolute atomic E-state index is 6.88. The average Bonchev–Trinajstić information content (AvgIpc) is 2.42. The minimum atomic E-state index is 0.712. The lowest BCUT2D eigenvalue weighted by molar-refractivity contribution is 0.600. The Morgan fingerprint density at radius 1 is 1.60 bits per heavy atom. The van der Waals surface area contributed by atoms with Crippen LogP contribution in [0, 0.1) is 5.41 Å². The van der Waals surface area contributed by atoms with Crippen molar-refractivity contribution in [2.45, 2.75) is 0 Å². The SMILES string of the molecule is N=Cn1cc2ncoc2c1. The van der Waals surface area contributed by atoms with E-state index < -0.39 is 0 Å². The van der Waals surface area contributed by atoms with Crippen LogP contribution in [0.2, 0.25) is 0 Å². The van der Waals surface area contributed by atoms with Gasteiger partial charge in [0.05, 0.1) is 12.5 Å². The fourth-order valence-corrected chi connectivity index (χ4v) is 0.846. The highest BCUT2D eigenvalue weighted by Crippen LogP contribution is 2.10. The Labute approximate surface area is 56.6 Å². The molecule has 50 valence electrons. The van der Waals surface area contributed by atoms with Gasteiger partial charge in [0.1, 0.15) is 5.52 Å². The van der Waals surface area contributed by atoms with Crippen molar-refractivity contribution in [1.29, 1.82) is 5.41 Å². The van der Waals surface area contributed by atoms with Gasteiger partial charge in [0.25, 0.3) is 0 Å². The topological polar surface area (TPSA) is 54.8 Å². The molecule has 0 aliphatic rings. The summed E-state index contributed by atoms with van der Waals surface area (Å²) in [6.45, 7) is 0. The molecule has 1 N–H and O–H groups in total. The van der Waals surface area contributed by atoms with Crippen molar-refractivity contribution < 1.29 is 4.42 Å². The molecule has 0 aliphatic heterocycles. The Morgan fingerprint density at radius 3 is 3.20 bits per heavy atom. The molecule has 0 aromatic carbocycles. The van der Waals surface area contributed by atoms with Gasteiger partial charge in [0.15, 0.2) is 12.0 Å². The molecule has 0 aliphatic carbocycles. The van der Waals surface area contributed by atoms with Gasteiger partial charge in [0.2, 0.25) is 0 Å². The number of hydrogen-bond donors (Lipinski definition) is 1. The van der Waals surface area contributed by atoms with Crippen molar-refractivity contribution in [3.05, 3.63) is 18.8 Å². The molecule has 0 spiro atoms. The van der Waals surface area contributed by atoms with Crippen LogP contribution in [-0.2, 0) is 0 Å². The highest BCUT2D eigenvalue weighted by atomic mass is 16.3. The Kier molecular flexibility index (Phi) is 0.887. The van der Waals surface area contributed by atoms with Crippen LogP contribution in [-0.4, -0.2) is 15.9 Å². The molecule has 2 aromatic rings. The van der Waals surface area contributed by atoms with E-state index in [1.165, 1.54) is 12.7 Å². The molecular weight excluding hydrogens is 130 g/mol. The predicted octanol–water partition coefficient (Wildman–Crippen LogP) is 1.08. The number of nitrogens with one attached hydrogen (secondary N) is 1. The van der Waals surface area contributed by atoms with Crippen molar-refractivity contribution in [2.24, 2.45) is 0 Å². The monoisotopic (exact) mass is 135 g/mol. The standard InChI is InChI=1S/C6H5N3O/c7-3-9-1-5-6(2-9)10-4-8-5/h1-4,7H. The third-order valence-electron chi connectivity index (χ3n) is 1.31. The van der Waals surface area contributed by atoms with Gasteiger partial charge in [-0.3, -0.25) is 5.41 Å². The molecule has 0 radical (unpaired) electrons. The fraction of sp³-hybridized carbons (Fsp3) is 0. The average molecular weight is 135 g/mol. The van der Waals surface area contributed by atoms with Crippen LogP contribution in [0.5, 0.6) is 0 Å². The lowest BCUT2D eigenvalue weighted by atomic mass is 10.6. The summed E-state index contributed by atoms with van der Waals surface area (Å²) in [5, 5.41) is 6.88. The van der Waals surface area contributed by atoms with Gasteiger partial charge >= 0.3 is 0 Å². The normalized spacial score (nSPS) is 10.4. The Morgan fingerprint density at radius 2 is 2.50 bits per heavy atom. The third kappa shape index (κ3) is 0.556. The quantitative estimate of drug-likeness (QED) is 0.470. The van der Waals surface area contributed by atoms with Crippen LogP contribution in [0.15, 0.2) is 23.2 Å². The fourth-order valence-electron chi connectivity index (χ4n) is 0.846. The maximum atomic E-state index is 6.88. The van der Waals surface area contributed by atoms with E-state index in [9.17, 15) is 0 Å². The van der Waals surface area contributed by atoms with Crippen LogP contribution in [0.1, 0.15) is 0 Å². The van der Waals surface area contributed by atoms with Crippen molar-refractivity contribution >= 4 is 17.4 Å². The van der Waals surface area contributed by atoms with E-state index in [1.54, 1.807) is 17.0 Å². The highest BCUT2D eigenvalue weighted by molar-refractivity contribution is 5.75. The maximum Gasteiger partial charge on any atom is 0.182 e. The van der Waals surface area contributed by atoms with Crippen LogP contribution < -0.4 is 0 Å². The first-order valence-corrected chi connectivity index (χ1v) is 2.81. The number of oxazole rings is 1. The van der Waals surface area contributed by atoms with Crippen LogP contribution in [0.25, 0.3) is 11.1 Å². The Balaban J connectivity index is 2.78. The van der Waals surface area contributed by atoms with Gasteiger partial charge in [-0.2, -0.15) is 0 Å². The largest absolute Gasteiger partial charge is 0.442 e. The summed E-state index contributed by atoms with van der Waals surface area (Å²) in [6.07, 6.45) is 6.01. The van der Waals surface area contributed by atoms with Crippen molar-refractivity contribution in [3.63, 3.8) is 0 Å². The number of aromatic nitrogens is 2. The second-order valence-electron chi connectivity index (χ2n) is 1.94. The molecule has 0 amide bonds. The first-order chi connectivity index (χ1) is 4.90. The molecule has 0 bridgehead atoms. The summed E-state index contributed by atoms with van der Waals surface area (Å²) >= 11 is 0. The van der Waals surface area contributed by atoms with E-state index in [0.29, 0.717) is 5.58 Å². The van der Waals surface area contributed by atoms with Crippen LogP contribution in [0.4, 0.5) is 0 Å². The van der Waals surface area contributed by atoms with Crippen molar-refractivity contribution in [3.8, 4) is 0 Å². The zero-order valence-corrected chi connectivity index (χ0v) is 5.11. The van der Waals surface area contributed by atoms with Gasteiger partial charge in [-0.1, -0.05) is 0 Å². The summed E-state index contributed by atoms with van der Waals surface area (Å²) in [4.78, 5) is 3.90. The molecular formula is C6H5N3O. The lowest BCUT2D eigenvalue weighted by Crippen LogP contribution is -1.85. The third-order valence-corrected chi connectivity index (χ3v) is 1.31. The van der Waals surface area contributed by atoms with Gasteiger partial charge in [-0.25, -0.2) is 4.98 Å². The van der Waals surface area contributed by atoms with Crippen molar-refractivity contribution in [1.82, 2.24) is 9.55 Å². The summed E-state index contributed by atoms with van der Waals surface area (Å²) in [6, 6.07) is 0. The number of rotatable bonds is 1. The summed E-state index contributed by atoms with van der Waals surface area (Å²) < 4.78 is 6.55. The molecule has 4 nitrogen and oxygen atoms in total. The number of fused-ring (bicyclic) bond motifs is 1. The minimum Gasteiger partial charge on any atom is -0.442 e. The van der Waals surface area contributed by atoms with Gasteiger partial charge < -0.3 is 8.98 Å². The molecule has 4 heteroatoms. The molecule has 0 saturated heterocycles.